The maximum absolute atomic E-state index is 8.89. The first-order valence-electron chi connectivity index (χ1n) is 4.56. The van der Waals surface area contributed by atoms with Crippen LogP contribution in [0.15, 0.2) is 18.2 Å². The molecular weight excluding hydrogens is 176 g/mol. The van der Waals surface area contributed by atoms with Crippen molar-refractivity contribution in [1.82, 2.24) is 0 Å². The van der Waals surface area contributed by atoms with Crippen LogP contribution in [0.2, 0.25) is 0 Å². The van der Waals surface area contributed by atoms with Crippen LogP contribution < -0.4 is 10.1 Å². The zero-order chi connectivity index (χ0) is 10.6. The van der Waals surface area contributed by atoms with E-state index in [4.69, 9.17) is 10.00 Å². The third-order valence-electron chi connectivity index (χ3n) is 1.75. The summed E-state index contributed by atoms with van der Waals surface area (Å²) in [6, 6.07) is 7.58. The van der Waals surface area contributed by atoms with Crippen molar-refractivity contribution < 1.29 is 4.74 Å². The second-order valence-electron chi connectivity index (χ2n) is 3.24. The number of nitrogens with one attached hydrogen (secondary N) is 1. The molecule has 0 spiro atoms. The molecule has 1 aromatic carbocycles. The van der Waals surface area contributed by atoms with Crippen LogP contribution in [0.4, 0.5) is 5.69 Å². The summed E-state index contributed by atoms with van der Waals surface area (Å²) in [5, 5.41) is 11.9. The summed E-state index contributed by atoms with van der Waals surface area (Å²) in [6.07, 6.45) is 0.0857. The summed E-state index contributed by atoms with van der Waals surface area (Å²) in [4.78, 5) is 0. The highest BCUT2D eigenvalue weighted by Crippen LogP contribution is 2.22. The monoisotopic (exact) mass is 190 g/mol. The predicted molar refractivity (Wildman–Crippen MR) is 56.5 cm³/mol. The fourth-order valence-corrected chi connectivity index (χ4v) is 1.13. The highest BCUT2D eigenvalue weighted by Gasteiger charge is 2.05. The van der Waals surface area contributed by atoms with E-state index >= 15 is 0 Å². The van der Waals surface area contributed by atoms with E-state index < -0.39 is 0 Å². The fraction of sp³-hybridized carbons (Fsp3) is 0.364. The molecule has 0 heterocycles. The van der Waals surface area contributed by atoms with E-state index in [1.165, 1.54) is 0 Å². The molecular formula is C11H14N2O. The Kier molecular flexibility index (Phi) is 3.35. The van der Waals surface area contributed by atoms with Gasteiger partial charge in [-0.15, -0.1) is 0 Å². The molecule has 1 aromatic rings. The number of rotatable bonds is 3. The van der Waals surface area contributed by atoms with Gasteiger partial charge < -0.3 is 10.1 Å². The summed E-state index contributed by atoms with van der Waals surface area (Å²) < 4.78 is 5.49. The van der Waals surface area contributed by atoms with E-state index in [9.17, 15) is 0 Å². The number of nitriles is 1. The number of nitrogens with zero attached hydrogens (tertiary/aromatic N) is 1. The molecule has 0 bridgehead atoms. The third kappa shape index (κ3) is 2.40. The van der Waals surface area contributed by atoms with E-state index in [0.29, 0.717) is 11.3 Å². The molecule has 1 rings (SSSR count). The third-order valence-corrected chi connectivity index (χ3v) is 1.75. The fourth-order valence-electron chi connectivity index (χ4n) is 1.13. The topological polar surface area (TPSA) is 45.0 Å². The maximum Gasteiger partial charge on any atom is 0.137 e. The predicted octanol–water partition coefficient (Wildman–Crippen LogP) is 2.39. The standard InChI is InChI=1S/C11H14N2O/c1-8(2)14-11-5-4-10(13-3)6-9(11)7-12/h4-6,8,13H,1-3H3. The molecule has 0 saturated carbocycles. The van der Waals surface area contributed by atoms with E-state index in [0.717, 1.165) is 5.69 Å². The van der Waals surface area contributed by atoms with Crippen LogP contribution >= 0.6 is 0 Å². The number of hydrogen-bond acceptors (Lipinski definition) is 3. The molecule has 0 radical (unpaired) electrons. The van der Waals surface area contributed by atoms with Gasteiger partial charge in [0.15, 0.2) is 0 Å². The van der Waals surface area contributed by atoms with Crippen molar-refractivity contribution in [2.75, 3.05) is 12.4 Å². The van der Waals surface area contributed by atoms with Gasteiger partial charge >= 0.3 is 0 Å². The van der Waals surface area contributed by atoms with Gasteiger partial charge in [-0.1, -0.05) is 0 Å². The highest BCUT2D eigenvalue weighted by molar-refractivity contribution is 5.55. The quantitative estimate of drug-likeness (QED) is 0.795. The Hall–Kier alpha value is -1.69. The van der Waals surface area contributed by atoms with Crippen molar-refractivity contribution in [3.05, 3.63) is 23.8 Å². The Balaban J connectivity index is 3.01. The van der Waals surface area contributed by atoms with Crippen molar-refractivity contribution in [2.45, 2.75) is 20.0 Å². The van der Waals surface area contributed by atoms with Crippen molar-refractivity contribution in [2.24, 2.45) is 0 Å². The first-order chi connectivity index (χ1) is 6.67. The largest absolute Gasteiger partial charge is 0.490 e. The minimum atomic E-state index is 0.0857. The Morgan fingerprint density at radius 1 is 1.43 bits per heavy atom. The van der Waals surface area contributed by atoms with E-state index in [1.807, 2.05) is 33.0 Å². The molecule has 0 atom stereocenters. The van der Waals surface area contributed by atoms with Gasteiger partial charge in [0, 0.05) is 12.7 Å². The SMILES string of the molecule is CNc1ccc(OC(C)C)c(C#N)c1. The minimum Gasteiger partial charge on any atom is -0.490 e. The molecule has 1 N–H and O–H groups in total. The lowest BCUT2D eigenvalue weighted by Crippen LogP contribution is -2.06. The van der Waals surface area contributed by atoms with Crippen LogP contribution in [0.25, 0.3) is 0 Å². The van der Waals surface area contributed by atoms with Gasteiger partial charge in [0.2, 0.25) is 0 Å². The van der Waals surface area contributed by atoms with Crippen molar-refractivity contribution >= 4 is 5.69 Å². The zero-order valence-electron chi connectivity index (χ0n) is 8.66. The minimum absolute atomic E-state index is 0.0857. The van der Waals surface area contributed by atoms with Crippen LogP contribution in [0.1, 0.15) is 19.4 Å². The van der Waals surface area contributed by atoms with Gasteiger partial charge in [-0.25, -0.2) is 0 Å². The van der Waals surface area contributed by atoms with Crippen LogP contribution in [0.5, 0.6) is 5.75 Å². The van der Waals surface area contributed by atoms with Crippen LogP contribution in [0, 0.1) is 11.3 Å². The Labute approximate surface area is 84.3 Å². The summed E-state index contributed by atoms with van der Waals surface area (Å²) in [5.74, 6) is 0.640. The van der Waals surface area contributed by atoms with Gasteiger partial charge in [0.1, 0.15) is 11.8 Å². The average molecular weight is 190 g/mol. The summed E-state index contributed by atoms with van der Waals surface area (Å²) in [6.45, 7) is 3.88. The molecule has 74 valence electrons. The number of ether oxygens (including phenoxy) is 1. The lowest BCUT2D eigenvalue weighted by atomic mass is 10.2. The molecule has 0 aliphatic rings. The molecule has 14 heavy (non-hydrogen) atoms. The van der Waals surface area contributed by atoms with E-state index in [2.05, 4.69) is 11.4 Å². The van der Waals surface area contributed by atoms with E-state index in [1.54, 1.807) is 6.07 Å². The smallest absolute Gasteiger partial charge is 0.137 e. The molecule has 0 aromatic heterocycles. The molecule has 3 nitrogen and oxygen atoms in total. The van der Waals surface area contributed by atoms with Crippen molar-refractivity contribution in [3.63, 3.8) is 0 Å². The maximum atomic E-state index is 8.89. The van der Waals surface area contributed by atoms with Crippen molar-refractivity contribution in [1.29, 1.82) is 5.26 Å². The summed E-state index contributed by atoms with van der Waals surface area (Å²) >= 11 is 0. The lowest BCUT2D eigenvalue weighted by Gasteiger charge is -2.11. The van der Waals surface area contributed by atoms with Crippen LogP contribution in [-0.2, 0) is 0 Å². The van der Waals surface area contributed by atoms with Crippen LogP contribution in [-0.4, -0.2) is 13.2 Å². The Morgan fingerprint density at radius 2 is 2.14 bits per heavy atom. The Morgan fingerprint density at radius 3 is 2.64 bits per heavy atom. The summed E-state index contributed by atoms with van der Waals surface area (Å²) in [7, 11) is 1.82. The summed E-state index contributed by atoms with van der Waals surface area (Å²) in [5.41, 5.74) is 1.48. The van der Waals surface area contributed by atoms with Gasteiger partial charge in [-0.05, 0) is 32.0 Å². The number of hydrogen-bond donors (Lipinski definition) is 1. The first kappa shape index (κ1) is 10.4. The number of anilines is 1. The molecule has 0 aliphatic heterocycles. The molecule has 0 fully saturated rings. The molecule has 0 unspecified atom stereocenters. The van der Waals surface area contributed by atoms with Crippen molar-refractivity contribution in [3.8, 4) is 11.8 Å². The first-order valence-corrected chi connectivity index (χ1v) is 4.56. The van der Waals surface area contributed by atoms with Gasteiger partial charge in [-0.2, -0.15) is 5.26 Å². The second kappa shape index (κ2) is 4.52. The highest BCUT2D eigenvalue weighted by atomic mass is 16.5. The van der Waals surface area contributed by atoms with Gasteiger partial charge in [0.25, 0.3) is 0 Å². The van der Waals surface area contributed by atoms with Crippen LogP contribution in [0.3, 0.4) is 0 Å². The average Bonchev–Trinajstić information content (AvgIpc) is 2.17. The number of benzene rings is 1. The second-order valence-corrected chi connectivity index (χ2v) is 3.24. The van der Waals surface area contributed by atoms with Gasteiger partial charge in [-0.3, -0.25) is 0 Å². The molecule has 0 saturated heterocycles. The van der Waals surface area contributed by atoms with Gasteiger partial charge in [0.05, 0.1) is 11.7 Å². The molecule has 0 amide bonds. The molecule has 3 heteroatoms. The van der Waals surface area contributed by atoms with E-state index in [-0.39, 0.29) is 6.10 Å². The normalized spacial score (nSPS) is 9.64. The Bertz CT molecular complexity index is 353. The molecule has 0 aliphatic carbocycles. The zero-order valence-corrected chi connectivity index (χ0v) is 8.66. The lowest BCUT2D eigenvalue weighted by molar-refractivity contribution is 0.242.